The third-order valence-corrected chi connectivity index (χ3v) is 6.08. The molecule has 0 saturated heterocycles. The minimum absolute atomic E-state index is 0.0806. The number of hydrogen-bond donors (Lipinski definition) is 1. The molecule has 0 aromatic heterocycles. The maximum atomic E-state index is 13.0. The number of amides is 1. The first-order valence-corrected chi connectivity index (χ1v) is 11.5. The smallest absolute Gasteiger partial charge is 0.253 e. The van der Waals surface area contributed by atoms with Crippen LogP contribution in [0.25, 0.3) is 0 Å². The summed E-state index contributed by atoms with van der Waals surface area (Å²) in [5, 5.41) is 0. The number of carbonyl (C=O) groups is 1. The van der Waals surface area contributed by atoms with E-state index in [2.05, 4.69) is 4.72 Å². The first kappa shape index (κ1) is 23.8. The zero-order valence-electron chi connectivity index (χ0n) is 17.7. The first-order chi connectivity index (χ1) is 14.3. The molecule has 8 heteroatoms. The Balaban J connectivity index is 2.21. The molecule has 0 aliphatic rings. The van der Waals surface area contributed by atoms with Crippen molar-refractivity contribution >= 4 is 15.9 Å². The van der Waals surface area contributed by atoms with Crippen LogP contribution < -0.4 is 9.46 Å². The van der Waals surface area contributed by atoms with Gasteiger partial charge in [-0.15, -0.1) is 0 Å². The summed E-state index contributed by atoms with van der Waals surface area (Å²) in [7, 11) is -2.52. The Labute approximate surface area is 178 Å². The van der Waals surface area contributed by atoms with E-state index in [1.807, 2.05) is 13.8 Å². The molecule has 164 valence electrons. The van der Waals surface area contributed by atoms with Crippen molar-refractivity contribution in [3.8, 4) is 5.75 Å². The normalized spacial score (nSPS) is 11.3. The van der Waals surface area contributed by atoms with Crippen molar-refractivity contribution < 1.29 is 22.3 Å². The third-order valence-electron chi connectivity index (χ3n) is 4.59. The summed E-state index contributed by atoms with van der Waals surface area (Å²) in [6, 6.07) is 10.3. The van der Waals surface area contributed by atoms with Crippen LogP contribution >= 0.6 is 0 Å². The zero-order valence-corrected chi connectivity index (χ0v) is 18.5. The maximum Gasteiger partial charge on any atom is 0.253 e. The molecule has 0 atom stereocenters. The van der Waals surface area contributed by atoms with Crippen molar-refractivity contribution in [2.45, 2.75) is 38.0 Å². The highest BCUT2D eigenvalue weighted by molar-refractivity contribution is 7.89. The number of rotatable bonds is 11. The molecular formula is C22H29FN2O4S. The topological polar surface area (TPSA) is 75.7 Å². The molecule has 0 aliphatic carbocycles. The lowest BCUT2D eigenvalue weighted by Crippen LogP contribution is -2.33. The minimum Gasteiger partial charge on any atom is -0.495 e. The summed E-state index contributed by atoms with van der Waals surface area (Å²) in [4.78, 5) is 14.5. The average molecular weight is 437 g/mol. The number of methoxy groups -OCH3 is 1. The summed E-state index contributed by atoms with van der Waals surface area (Å²) in [5.74, 6) is -0.381. The molecular weight excluding hydrogens is 407 g/mol. The molecule has 1 amide bonds. The second kappa shape index (κ2) is 11.1. The Kier molecular flexibility index (Phi) is 8.80. The van der Waals surface area contributed by atoms with Gasteiger partial charge in [0, 0.05) is 25.2 Å². The summed E-state index contributed by atoms with van der Waals surface area (Å²) in [5.41, 5.74) is 1.11. The van der Waals surface area contributed by atoms with E-state index in [0.717, 1.165) is 18.4 Å². The molecule has 30 heavy (non-hydrogen) atoms. The van der Waals surface area contributed by atoms with Crippen LogP contribution in [-0.4, -0.2) is 46.0 Å². The van der Waals surface area contributed by atoms with Gasteiger partial charge in [0.2, 0.25) is 10.0 Å². The zero-order chi connectivity index (χ0) is 22.1. The molecule has 2 aromatic rings. The first-order valence-electron chi connectivity index (χ1n) is 10.0. The summed E-state index contributed by atoms with van der Waals surface area (Å²) < 4.78 is 46.5. The van der Waals surface area contributed by atoms with Crippen LogP contribution in [0.15, 0.2) is 47.4 Å². The monoisotopic (exact) mass is 436 g/mol. The van der Waals surface area contributed by atoms with Crippen LogP contribution in [-0.2, 0) is 16.4 Å². The molecule has 1 N–H and O–H groups in total. The van der Waals surface area contributed by atoms with Crippen molar-refractivity contribution in [2.24, 2.45) is 0 Å². The van der Waals surface area contributed by atoms with Crippen molar-refractivity contribution in [1.82, 2.24) is 9.62 Å². The molecule has 0 saturated carbocycles. The molecule has 0 spiro atoms. The lowest BCUT2D eigenvalue weighted by molar-refractivity contribution is 0.0755. The molecule has 0 aliphatic heterocycles. The number of nitrogens with zero attached hydrogens (tertiary/aromatic N) is 1. The van der Waals surface area contributed by atoms with E-state index in [4.69, 9.17) is 4.74 Å². The van der Waals surface area contributed by atoms with Gasteiger partial charge in [-0.25, -0.2) is 17.5 Å². The van der Waals surface area contributed by atoms with Gasteiger partial charge in [0.15, 0.2) is 0 Å². The number of benzene rings is 2. The van der Waals surface area contributed by atoms with E-state index < -0.39 is 10.0 Å². The van der Waals surface area contributed by atoms with Crippen LogP contribution in [0.5, 0.6) is 5.75 Å². The SMILES string of the molecule is CCCN(CCC)C(=O)c1ccc(OC)c(S(=O)(=O)NCCc2ccc(F)cc2)c1. The van der Waals surface area contributed by atoms with Gasteiger partial charge in [-0.05, 0) is 55.2 Å². The van der Waals surface area contributed by atoms with Gasteiger partial charge < -0.3 is 9.64 Å². The molecule has 0 heterocycles. The molecule has 0 radical (unpaired) electrons. The fraction of sp³-hybridized carbons (Fsp3) is 0.409. The Morgan fingerprint density at radius 1 is 1.07 bits per heavy atom. The lowest BCUT2D eigenvalue weighted by atomic mass is 10.1. The third kappa shape index (κ3) is 6.27. The molecule has 2 rings (SSSR count). The van der Waals surface area contributed by atoms with Gasteiger partial charge in [-0.2, -0.15) is 0 Å². The van der Waals surface area contributed by atoms with Gasteiger partial charge in [0.1, 0.15) is 16.5 Å². The van der Waals surface area contributed by atoms with Crippen LogP contribution in [0, 0.1) is 5.82 Å². The molecule has 2 aromatic carbocycles. The Morgan fingerprint density at radius 3 is 2.27 bits per heavy atom. The Bertz CT molecular complexity index is 940. The summed E-state index contributed by atoms with van der Waals surface area (Å²) >= 11 is 0. The Hall–Kier alpha value is -2.45. The number of ether oxygens (including phenoxy) is 1. The highest BCUT2D eigenvalue weighted by Crippen LogP contribution is 2.25. The van der Waals surface area contributed by atoms with Gasteiger partial charge in [-0.1, -0.05) is 26.0 Å². The van der Waals surface area contributed by atoms with Gasteiger partial charge in [0.25, 0.3) is 5.91 Å². The van der Waals surface area contributed by atoms with E-state index >= 15 is 0 Å². The number of hydrogen-bond acceptors (Lipinski definition) is 4. The number of carbonyl (C=O) groups excluding carboxylic acids is 1. The standard InChI is InChI=1S/C22H29FN2O4S/c1-4-14-25(15-5-2)22(26)18-8-11-20(29-3)21(16-18)30(27,28)24-13-12-17-6-9-19(23)10-7-17/h6-11,16,24H,4-5,12-15H2,1-3H3. The lowest BCUT2D eigenvalue weighted by Gasteiger charge is -2.22. The van der Waals surface area contributed by atoms with E-state index in [1.54, 1.807) is 23.1 Å². The van der Waals surface area contributed by atoms with Crippen LogP contribution in [0.2, 0.25) is 0 Å². The predicted molar refractivity (Wildman–Crippen MR) is 115 cm³/mol. The highest BCUT2D eigenvalue weighted by atomic mass is 32.2. The van der Waals surface area contributed by atoms with Crippen molar-refractivity contribution in [3.05, 3.63) is 59.4 Å². The van der Waals surface area contributed by atoms with Gasteiger partial charge >= 0.3 is 0 Å². The number of halogens is 1. The second-order valence-electron chi connectivity index (χ2n) is 6.93. The molecule has 0 unspecified atom stereocenters. The maximum absolute atomic E-state index is 13.0. The fourth-order valence-corrected chi connectivity index (χ4v) is 4.34. The quantitative estimate of drug-likeness (QED) is 0.584. The fourth-order valence-electron chi connectivity index (χ4n) is 3.12. The summed E-state index contributed by atoms with van der Waals surface area (Å²) in [6.45, 7) is 5.33. The average Bonchev–Trinajstić information content (AvgIpc) is 2.74. The van der Waals surface area contributed by atoms with Crippen LogP contribution in [0.4, 0.5) is 4.39 Å². The predicted octanol–water partition coefficient (Wildman–Crippen LogP) is 3.62. The number of sulfonamides is 1. The van der Waals surface area contributed by atoms with E-state index in [0.29, 0.717) is 25.1 Å². The van der Waals surface area contributed by atoms with Crippen LogP contribution in [0.1, 0.15) is 42.6 Å². The molecule has 6 nitrogen and oxygen atoms in total. The minimum atomic E-state index is -3.91. The number of nitrogens with one attached hydrogen (secondary N) is 1. The van der Waals surface area contributed by atoms with Gasteiger partial charge in [0.05, 0.1) is 7.11 Å². The van der Waals surface area contributed by atoms with E-state index in [1.165, 1.54) is 31.4 Å². The Morgan fingerprint density at radius 2 is 1.70 bits per heavy atom. The van der Waals surface area contributed by atoms with Gasteiger partial charge in [-0.3, -0.25) is 4.79 Å². The largest absolute Gasteiger partial charge is 0.495 e. The second-order valence-corrected chi connectivity index (χ2v) is 8.67. The molecule has 0 fully saturated rings. The summed E-state index contributed by atoms with van der Waals surface area (Å²) in [6.07, 6.45) is 2.04. The van der Waals surface area contributed by atoms with Crippen molar-refractivity contribution in [2.75, 3.05) is 26.7 Å². The molecule has 0 bridgehead atoms. The van der Waals surface area contributed by atoms with E-state index in [9.17, 15) is 17.6 Å². The van der Waals surface area contributed by atoms with Crippen LogP contribution in [0.3, 0.4) is 0 Å². The van der Waals surface area contributed by atoms with Crippen molar-refractivity contribution in [1.29, 1.82) is 0 Å². The van der Waals surface area contributed by atoms with Crippen molar-refractivity contribution in [3.63, 3.8) is 0 Å². The highest BCUT2D eigenvalue weighted by Gasteiger charge is 2.23. The van der Waals surface area contributed by atoms with E-state index in [-0.39, 0.29) is 28.9 Å².